The molecule has 1 aromatic heterocycles. The molecule has 0 aromatic carbocycles. The van der Waals surface area contributed by atoms with Crippen molar-refractivity contribution in [2.24, 2.45) is 5.41 Å². The SMILES string of the molecule is CCc1c(N)ncnc1NCC(C)(C)CO. The van der Waals surface area contributed by atoms with E-state index in [1.807, 2.05) is 20.8 Å². The molecule has 0 unspecified atom stereocenters. The number of nitrogens with zero attached hydrogens (tertiary/aromatic N) is 2. The summed E-state index contributed by atoms with van der Waals surface area (Å²) in [5.41, 5.74) is 6.51. The molecule has 16 heavy (non-hydrogen) atoms. The van der Waals surface area contributed by atoms with Crippen molar-refractivity contribution in [3.8, 4) is 0 Å². The number of nitrogens with one attached hydrogen (secondary N) is 1. The van der Waals surface area contributed by atoms with Crippen molar-refractivity contribution in [3.05, 3.63) is 11.9 Å². The van der Waals surface area contributed by atoms with Crippen LogP contribution in [-0.4, -0.2) is 28.2 Å². The molecule has 1 aromatic rings. The molecule has 0 amide bonds. The number of anilines is 2. The fourth-order valence-electron chi connectivity index (χ4n) is 1.31. The highest BCUT2D eigenvalue weighted by Crippen LogP contribution is 2.20. The first-order chi connectivity index (χ1) is 7.50. The fraction of sp³-hybridized carbons (Fsp3) is 0.636. The average Bonchev–Trinajstić information content (AvgIpc) is 2.26. The molecule has 0 aliphatic carbocycles. The number of rotatable bonds is 5. The van der Waals surface area contributed by atoms with Gasteiger partial charge in [0.2, 0.25) is 0 Å². The van der Waals surface area contributed by atoms with E-state index in [1.54, 1.807) is 0 Å². The van der Waals surface area contributed by atoms with Crippen molar-refractivity contribution in [1.29, 1.82) is 0 Å². The molecular weight excluding hydrogens is 204 g/mol. The van der Waals surface area contributed by atoms with Crippen LogP contribution < -0.4 is 11.1 Å². The molecule has 5 nitrogen and oxygen atoms in total. The Morgan fingerprint density at radius 1 is 1.44 bits per heavy atom. The lowest BCUT2D eigenvalue weighted by molar-refractivity contribution is 0.170. The number of hydrogen-bond acceptors (Lipinski definition) is 5. The molecule has 0 aliphatic rings. The Kier molecular flexibility index (Phi) is 4.06. The van der Waals surface area contributed by atoms with Gasteiger partial charge in [0.25, 0.3) is 0 Å². The monoisotopic (exact) mass is 224 g/mol. The predicted octanol–water partition coefficient (Wildman–Crippen LogP) is 1.05. The average molecular weight is 224 g/mol. The van der Waals surface area contributed by atoms with E-state index < -0.39 is 0 Å². The van der Waals surface area contributed by atoms with Crippen LogP contribution in [0.25, 0.3) is 0 Å². The van der Waals surface area contributed by atoms with E-state index in [4.69, 9.17) is 10.8 Å². The summed E-state index contributed by atoms with van der Waals surface area (Å²) in [6.45, 7) is 6.75. The molecule has 1 heterocycles. The number of aromatic nitrogens is 2. The third-order valence-corrected chi connectivity index (χ3v) is 2.49. The normalized spacial score (nSPS) is 11.5. The number of nitrogen functional groups attached to an aromatic ring is 1. The van der Waals surface area contributed by atoms with Crippen LogP contribution in [0.4, 0.5) is 11.6 Å². The second-order valence-corrected chi connectivity index (χ2v) is 4.62. The summed E-state index contributed by atoms with van der Waals surface area (Å²) < 4.78 is 0. The zero-order chi connectivity index (χ0) is 12.2. The Morgan fingerprint density at radius 3 is 2.69 bits per heavy atom. The number of hydrogen-bond donors (Lipinski definition) is 3. The van der Waals surface area contributed by atoms with Crippen LogP contribution in [0.2, 0.25) is 0 Å². The first kappa shape index (κ1) is 12.7. The molecule has 5 heteroatoms. The lowest BCUT2D eigenvalue weighted by Gasteiger charge is -2.23. The van der Waals surface area contributed by atoms with Crippen LogP contribution in [0, 0.1) is 5.41 Å². The van der Waals surface area contributed by atoms with E-state index in [0.717, 1.165) is 17.8 Å². The molecule has 0 spiro atoms. The van der Waals surface area contributed by atoms with Crippen molar-refractivity contribution >= 4 is 11.6 Å². The van der Waals surface area contributed by atoms with Crippen LogP contribution in [0.15, 0.2) is 6.33 Å². The molecule has 1 rings (SSSR count). The third-order valence-electron chi connectivity index (χ3n) is 2.49. The van der Waals surface area contributed by atoms with Gasteiger partial charge in [-0.2, -0.15) is 0 Å². The molecule has 0 radical (unpaired) electrons. The van der Waals surface area contributed by atoms with E-state index in [9.17, 15) is 0 Å². The second-order valence-electron chi connectivity index (χ2n) is 4.62. The largest absolute Gasteiger partial charge is 0.396 e. The van der Waals surface area contributed by atoms with Crippen LogP contribution in [0.1, 0.15) is 26.3 Å². The molecular formula is C11H20N4O. The summed E-state index contributed by atoms with van der Waals surface area (Å²) >= 11 is 0. The highest BCUT2D eigenvalue weighted by molar-refractivity contribution is 5.54. The van der Waals surface area contributed by atoms with Gasteiger partial charge in [0.1, 0.15) is 18.0 Å². The number of aliphatic hydroxyl groups is 1. The van der Waals surface area contributed by atoms with Gasteiger partial charge >= 0.3 is 0 Å². The summed E-state index contributed by atoms with van der Waals surface area (Å²) in [4.78, 5) is 8.12. The molecule has 0 atom stereocenters. The van der Waals surface area contributed by atoms with Crippen LogP contribution >= 0.6 is 0 Å². The van der Waals surface area contributed by atoms with Gasteiger partial charge < -0.3 is 16.2 Å². The number of nitrogens with two attached hydrogens (primary N) is 1. The van der Waals surface area contributed by atoms with Crippen LogP contribution in [-0.2, 0) is 6.42 Å². The quantitative estimate of drug-likeness (QED) is 0.696. The van der Waals surface area contributed by atoms with Gasteiger partial charge in [-0.05, 0) is 6.42 Å². The summed E-state index contributed by atoms with van der Waals surface area (Å²) in [7, 11) is 0. The number of aliphatic hydroxyl groups excluding tert-OH is 1. The Hall–Kier alpha value is -1.36. The Labute approximate surface area is 96.1 Å². The predicted molar refractivity (Wildman–Crippen MR) is 65.2 cm³/mol. The minimum absolute atomic E-state index is 0.127. The summed E-state index contributed by atoms with van der Waals surface area (Å²) in [6, 6.07) is 0. The highest BCUT2D eigenvalue weighted by atomic mass is 16.3. The topological polar surface area (TPSA) is 84.1 Å². The smallest absolute Gasteiger partial charge is 0.134 e. The van der Waals surface area contributed by atoms with E-state index in [-0.39, 0.29) is 12.0 Å². The Morgan fingerprint density at radius 2 is 2.12 bits per heavy atom. The van der Waals surface area contributed by atoms with Crippen molar-refractivity contribution < 1.29 is 5.11 Å². The minimum Gasteiger partial charge on any atom is -0.396 e. The first-order valence-electron chi connectivity index (χ1n) is 5.44. The molecule has 90 valence electrons. The van der Waals surface area contributed by atoms with Gasteiger partial charge in [-0.1, -0.05) is 20.8 Å². The molecule has 0 bridgehead atoms. The fourth-order valence-corrected chi connectivity index (χ4v) is 1.31. The maximum atomic E-state index is 9.16. The van der Waals surface area contributed by atoms with Gasteiger partial charge in [-0.3, -0.25) is 0 Å². The van der Waals surface area contributed by atoms with E-state index in [0.29, 0.717) is 12.4 Å². The summed E-state index contributed by atoms with van der Waals surface area (Å²) in [6.07, 6.45) is 2.23. The van der Waals surface area contributed by atoms with Crippen LogP contribution in [0.3, 0.4) is 0 Å². The lowest BCUT2D eigenvalue weighted by Crippen LogP contribution is -2.27. The molecule has 0 aliphatic heterocycles. The van der Waals surface area contributed by atoms with Crippen molar-refractivity contribution in [1.82, 2.24) is 9.97 Å². The van der Waals surface area contributed by atoms with E-state index in [1.165, 1.54) is 6.33 Å². The third kappa shape index (κ3) is 3.06. The Bertz CT molecular complexity index is 352. The molecule has 0 fully saturated rings. The summed E-state index contributed by atoms with van der Waals surface area (Å²) in [5, 5.41) is 12.4. The van der Waals surface area contributed by atoms with Crippen molar-refractivity contribution in [3.63, 3.8) is 0 Å². The summed E-state index contributed by atoms with van der Waals surface area (Å²) in [5.74, 6) is 1.28. The van der Waals surface area contributed by atoms with Gasteiger partial charge in [0.15, 0.2) is 0 Å². The van der Waals surface area contributed by atoms with Gasteiger partial charge in [-0.15, -0.1) is 0 Å². The zero-order valence-electron chi connectivity index (χ0n) is 10.1. The standard InChI is InChI=1S/C11H20N4O/c1-4-8-9(12)14-7-15-10(8)13-5-11(2,3)6-16/h7,16H,4-6H2,1-3H3,(H3,12,13,14,15). The van der Waals surface area contributed by atoms with Gasteiger partial charge in [0.05, 0.1) is 0 Å². The zero-order valence-corrected chi connectivity index (χ0v) is 10.1. The highest BCUT2D eigenvalue weighted by Gasteiger charge is 2.17. The molecule has 4 N–H and O–H groups in total. The van der Waals surface area contributed by atoms with Gasteiger partial charge in [0, 0.05) is 24.1 Å². The first-order valence-corrected chi connectivity index (χ1v) is 5.44. The van der Waals surface area contributed by atoms with E-state index >= 15 is 0 Å². The van der Waals surface area contributed by atoms with Crippen molar-refractivity contribution in [2.45, 2.75) is 27.2 Å². The van der Waals surface area contributed by atoms with Gasteiger partial charge in [-0.25, -0.2) is 9.97 Å². The van der Waals surface area contributed by atoms with Crippen molar-refractivity contribution in [2.75, 3.05) is 24.2 Å². The van der Waals surface area contributed by atoms with Crippen LogP contribution in [0.5, 0.6) is 0 Å². The Balaban J connectivity index is 2.78. The van der Waals surface area contributed by atoms with E-state index in [2.05, 4.69) is 15.3 Å². The maximum absolute atomic E-state index is 9.16. The molecule has 0 saturated carbocycles. The lowest BCUT2D eigenvalue weighted by atomic mass is 9.95. The minimum atomic E-state index is -0.176. The molecule has 0 saturated heterocycles. The maximum Gasteiger partial charge on any atom is 0.134 e. The second kappa shape index (κ2) is 5.12.